The van der Waals surface area contributed by atoms with Crippen LogP contribution in [0.2, 0.25) is 0 Å². The first-order chi connectivity index (χ1) is 8.01. The van der Waals surface area contributed by atoms with E-state index in [2.05, 4.69) is 11.9 Å². The van der Waals surface area contributed by atoms with Gasteiger partial charge >= 0.3 is 5.97 Å². The molecule has 6 heteroatoms. The first kappa shape index (κ1) is 13.9. The fourth-order valence-corrected chi connectivity index (χ4v) is 3.17. The second kappa shape index (κ2) is 5.97. The molecule has 17 heavy (non-hydrogen) atoms. The van der Waals surface area contributed by atoms with E-state index in [9.17, 15) is 4.79 Å². The number of carbonyl (C=O) groups excluding carboxylic acids is 1. The first-order valence-corrected chi connectivity index (χ1v) is 6.98. The van der Waals surface area contributed by atoms with Crippen LogP contribution in [0.15, 0.2) is 17.0 Å². The molecule has 0 saturated heterocycles. The van der Waals surface area contributed by atoms with Crippen molar-refractivity contribution in [2.75, 3.05) is 31.0 Å². The second-order valence-corrected chi connectivity index (χ2v) is 5.35. The molecule has 1 heterocycles. The summed E-state index contributed by atoms with van der Waals surface area (Å²) in [5.41, 5.74) is 7.43. The topological polar surface area (TPSA) is 64.3 Å². The van der Waals surface area contributed by atoms with E-state index in [1.165, 1.54) is 30.2 Å². The molecule has 1 aromatic rings. The molecule has 0 aliphatic rings. The summed E-state index contributed by atoms with van der Waals surface area (Å²) in [5.74, 6) is -0.397. The number of rotatable bonds is 5. The number of anilines is 2. The average Bonchev–Trinajstić information content (AvgIpc) is 2.62. The maximum absolute atomic E-state index is 11.5. The molecule has 0 aromatic carbocycles. The van der Waals surface area contributed by atoms with Crippen LogP contribution in [0.5, 0.6) is 0 Å². The largest absolute Gasteiger partial charge is 0.465 e. The van der Waals surface area contributed by atoms with Gasteiger partial charge in [0.2, 0.25) is 0 Å². The highest BCUT2D eigenvalue weighted by Crippen LogP contribution is 2.41. The molecule has 0 atom stereocenters. The molecular formula is C11H16N2O2S2. The van der Waals surface area contributed by atoms with Gasteiger partial charge in [0, 0.05) is 6.54 Å². The Morgan fingerprint density at radius 3 is 2.76 bits per heavy atom. The monoisotopic (exact) mass is 272 g/mol. The Labute approximate surface area is 109 Å². The number of hydrogen-bond donors (Lipinski definition) is 2. The summed E-state index contributed by atoms with van der Waals surface area (Å²) in [6, 6.07) is 0. The van der Waals surface area contributed by atoms with Gasteiger partial charge < -0.3 is 15.8 Å². The van der Waals surface area contributed by atoms with Gasteiger partial charge in [-0.15, -0.1) is 23.1 Å². The molecule has 0 aliphatic carbocycles. The van der Waals surface area contributed by atoms with Crippen LogP contribution in [0.25, 0.3) is 0 Å². The summed E-state index contributed by atoms with van der Waals surface area (Å²) in [6.07, 6.45) is 1.92. The van der Waals surface area contributed by atoms with E-state index in [1.54, 1.807) is 0 Å². The summed E-state index contributed by atoms with van der Waals surface area (Å²) in [6.45, 7) is 6.41. The number of nitrogens with one attached hydrogen (secondary N) is 1. The van der Waals surface area contributed by atoms with Crippen LogP contribution in [-0.2, 0) is 4.74 Å². The van der Waals surface area contributed by atoms with Gasteiger partial charge in [0.1, 0.15) is 9.88 Å². The highest BCUT2D eigenvalue weighted by atomic mass is 32.2. The van der Waals surface area contributed by atoms with Gasteiger partial charge in [-0.1, -0.05) is 12.2 Å². The summed E-state index contributed by atoms with van der Waals surface area (Å²) < 4.78 is 4.69. The SMILES string of the molecule is C=C(C)CNc1sc(C(=O)OC)c(N)c1SC. The third-order valence-electron chi connectivity index (χ3n) is 2.03. The number of nitrogen functional groups attached to an aromatic ring is 1. The lowest BCUT2D eigenvalue weighted by Gasteiger charge is -2.05. The smallest absolute Gasteiger partial charge is 0.350 e. The molecule has 0 radical (unpaired) electrons. The van der Waals surface area contributed by atoms with Crippen molar-refractivity contribution in [1.82, 2.24) is 0 Å². The van der Waals surface area contributed by atoms with Crippen LogP contribution >= 0.6 is 23.1 Å². The minimum absolute atomic E-state index is 0.397. The van der Waals surface area contributed by atoms with Crippen molar-refractivity contribution in [3.8, 4) is 0 Å². The Kier molecular flexibility index (Phi) is 4.89. The molecule has 1 rings (SSSR count). The van der Waals surface area contributed by atoms with E-state index in [4.69, 9.17) is 10.5 Å². The number of nitrogens with two attached hydrogens (primary N) is 1. The Morgan fingerprint density at radius 1 is 1.65 bits per heavy atom. The number of methoxy groups -OCH3 is 1. The van der Waals surface area contributed by atoms with Crippen molar-refractivity contribution in [2.45, 2.75) is 11.8 Å². The van der Waals surface area contributed by atoms with Gasteiger partial charge in [0.25, 0.3) is 0 Å². The molecule has 0 spiro atoms. The zero-order chi connectivity index (χ0) is 13.0. The van der Waals surface area contributed by atoms with E-state index in [0.29, 0.717) is 17.1 Å². The molecule has 0 aliphatic heterocycles. The van der Waals surface area contributed by atoms with Crippen molar-refractivity contribution in [3.63, 3.8) is 0 Å². The maximum atomic E-state index is 11.5. The molecule has 3 N–H and O–H groups in total. The normalized spacial score (nSPS) is 10.1. The molecule has 0 bridgehead atoms. The summed E-state index contributed by atoms with van der Waals surface area (Å²) in [4.78, 5) is 12.8. The third kappa shape index (κ3) is 3.17. The predicted molar refractivity (Wildman–Crippen MR) is 75.2 cm³/mol. The zero-order valence-corrected chi connectivity index (χ0v) is 11.8. The molecule has 94 valence electrons. The van der Waals surface area contributed by atoms with Crippen LogP contribution < -0.4 is 11.1 Å². The maximum Gasteiger partial charge on any atom is 0.350 e. The highest BCUT2D eigenvalue weighted by Gasteiger charge is 2.20. The summed E-state index contributed by atoms with van der Waals surface area (Å²) in [7, 11) is 1.35. The Bertz CT molecular complexity index is 441. The van der Waals surface area contributed by atoms with E-state index in [1.807, 2.05) is 13.2 Å². The van der Waals surface area contributed by atoms with Gasteiger partial charge in [-0.3, -0.25) is 0 Å². The quantitative estimate of drug-likeness (QED) is 0.490. The van der Waals surface area contributed by atoms with E-state index in [0.717, 1.165) is 15.5 Å². The average molecular weight is 272 g/mol. The molecule has 4 nitrogen and oxygen atoms in total. The minimum Gasteiger partial charge on any atom is -0.465 e. The highest BCUT2D eigenvalue weighted by molar-refractivity contribution is 7.99. The minimum atomic E-state index is -0.397. The number of thiophene rings is 1. The van der Waals surface area contributed by atoms with Crippen molar-refractivity contribution in [1.29, 1.82) is 0 Å². The Balaban J connectivity index is 3.04. The summed E-state index contributed by atoms with van der Waals surface area (Å²) in [5, 5.41) is 4.10. The lowest BCUT2D eigenvalue weighted by Crippen LogP contribution is -2.02. The molecule has 0 saturated carbocycles. The van der Waals surface area contributed by atoms with Crippen LogP contribution in [0.1, 0.15) is 16.6 Å². The van der Waals surface area contributed by atoms with Gasteiger partial charge in [0.15, 0.2) is 0 Å². The van der Waals surface area contributed by atoms with Crippen molar-refractivity contribution in [2.24, 2.45) is 0 Å². The number of thioether (sulfide) groups is 1. The molecular weight excluding hydrogens is 256 g/mol. The Hall–Kier alpha value is -1.14. The first-order valence-electron chi connectivity index (χ1n) is 4.94. The number of esters is 1. The van der Waals surface area contributed by atoms with E-state index >= 15 is 0 Å². The number of ether oxygens (including phenoxy) is 1. The van der Waals surface area contributed by atoms with Gasteiger partial charge in [0.05, 0.1) is 17.7 Å². The van der Waals surface area contributed by atoms with Crippen LogP contribution in [-0.4, -0.2) is 25.9 Å². The Morgan fingerprint density at radius 2 is 2.29 bits per heavy atom. The zero-order valence-electron chi connectivity index (χ0n) is 10.1. The number of carbonyl (C=O) groups is 1. The lowest BCUT2D eigenvalue weighted by molar-refractivity contribution is 0.0607. The summed E-state index contributed by atoms with van der Waals surface area (Å²) >= 11 is 2.82. The van der Waals surface area contributed by atoms with Crippen LogP contribution in [0.4, 0.5) is 10.7 Å². The van der Waals surface area contributed by atoms with Gasteiger partial charge in [-0.2, -0.15) is 0 Å². The van der Waals surface area contributed by atoms with Crippen molar-refractivity contribution < 1.29 is 9.53 Å². The van der Waals surface area contributed by atoms with Crippen LogP contribution in [0.3, 0.4) is 0 Å². The van der Waals surface area contributed by atoms with Gasteiger partial charge in [-0.05, 0) is 13.2 Å². The molecule has 0 amide bonds. The molecule has 1 aromatic heterocycles. The predicted octanol–water partition coefficient (Wildman–Crippen LogP) is 2.83. The van der Waals surface area contributed by atoms with Gasteiger partial charge in [-0.25, -0.2) is 4.79 Å². The standard InChI is InChI=1S/C11H16N2O2S2/c1-6(2)5-13-10-8(16-4)7(12)9(17-10)11(14)15-3/h13H,1,5,12H2,2-4H3. The lowest BCUT2D eigenvalue weighted by atomic mass is 10.3. The van der Waals surface area contributed by atoms with E-state index < -0.39 is 5.97 Å². The second-order valence-electron chi connectivity index (χ2n) is 3.51. The van der Waals surface area contributed by atoms with Crippen molar-refractivity contribution in [3.05, 3.63) is 17.0 Å². The third-order valence-corrected chi connectivity index (χ3v) is 4.13. The van der Waals surface area contributed by atoms with Crippen molar-refractivity contribution >= 4 is 39.8 Å². The van der Waals surface area contributed by atoms with Crippen LogP contribution in [0, 0.1) is 0 Å². The molecule has 0 fully saturated rings. The fraction of sp³-hybridized carbons (Fsp3) is 0.364. The number of hydrogen-bond acceptors (Lipinski definition) is 6. The fourth-order valence-electron chi connectivity index (χ4n) is 1.22. The van der Waals surface area contributed by atoms with E-state index in [-0.39, 0.29) is 0 Å². The molecule has 0 unspecified atom stereocenters.